The maximum atomic E-state index is 14.8. The Bertz CT molecular complexity index is 6110. The molecule has 0 bridgehead atoms. The molecule has 0 radical (unpaired) electrons. The van der Waals surface area contributed by atoms with Gasteiger partial charge in [-0.1, -0.05) is 150 Å². The number of ether oxygens (including phenoxy) is 1. The van der Waals surface area contributed by atoms with Crippen molar-refractivity contribution in [3.05, 3.63) is 377 Å². The molecular weight excluding hydrogens is 1710 g/mol. The number of halogens is 5. The second kappa shape index (κ2) is 41.8. The summed E-state index contributed by atoms with van der Waals surface area (Å²) in [5.41, 5.74) is 11.3. The van der Waals surface area contributed by atoms with Gasteiger partial charge in [0, 0.05) is 126 Å². The molecular formula is C99H89BrF4N12O12. The molecule has 4 aromatic heterocycles. The number of aromatic nitrogens is 4. The van der Waals surface area contributed by atoms with Crippen LogP contribution in [0.4, 0.5) is 40.8 Å². The lowest BCUT2D eigenvalue weighted by atomic mass is 9.99. The number of carbonyl (C=O) groups excluding carboxylic acids is 9. The number of aryl methyl sites for hydroxylation is 4. The summed E-state index contributed by atoms with van der Waals surface area (Å²) in [7, 11) is 1.27. The second-order valence-electron chi connectivity index (χ2n) is 31.1. The highest BCUT2D eigenvalue weighted by Gasteiger charge is 2.43. The van der Waals surface area contributed by atoms with Crippen LogP contribution in [0.25, 0.3) is 0 Å². The minimum Gasteiger partial charge on any atom is -0.478 e. The molecule has 4 atom stereocenters. The Morgan fingerprint density at radius 1 is 0.352 bits per heavy atom. The van der Waals surface area contributed by atoms with E-state index in [1.165, 1.54) is 74.0 Å². The molecule has 5 N–H and O–H groups in total. The predicted octanol–water partition coefficient (Wildman–Crippen LogP) is 18.8. The Kier molecular flexibility index (Phi) is 29.7. The molecule has 0 aliphatic carbocycles. The lowest BCUT2D eigenvalue weighted by Crippen LogP contribution is -2.28. The van der Waals surface area contributed by atoms with Gasteiger partial charge in [-0.2, -0.15) is 0 Å². The van der Waals surface area contributed by atoms with Gasteiger partial charge >= 0.3 is 11.9 Å². The normalized spacial score (nSPS) is 14.9. The van der Waals surface area contributed by atoms with Crippen molar-refractivity contribution >= 4 is 98.4 Å². The molecule has 4 aliphatic heterocycles. The van der Waals surface area contributed by atoms with Crippen molar-refractivity contribution in [1.29, 1.82) is 0 Å². The van der Waals surface area contributed by atoms with Crippen LogP contribution in [0.15, 0.2) is 254 Å². The van der Waals surface area contributed by atoms with Gasteiger partial charge in [0.15, 0.2) is 0 Å². The number of fused-ring (bicyclic) bond motifs is 4. The Balaban J connectivity index is 0.000000146. The van der Waals surface area contributed by atoms with E-state index in [1.54, 1.807) is 98.7 Å². The third kappa shape index (κ3) is 22.5. The van der Waals surface area contributed by atoms with Crippen LogP contribution in [-0.4, -0.2) is 111 Å². The summed E-state index contributed by atoms with van der Waals surface area (Å²) in [5, 5.41) is 19.7. The maximum Gasteiger partial charge on any atom is 0.339 e. The molecule has 29 heteroatoms. The predicted molar refractivity (Wildman–Crippen MR) is 475 cm³/mol. The summed E-state index contributed by atoms with van der Waals surface area (Å²) >= 11 is 3.30. The monoisotopic (exact) mass is 1790 g/mol. The Morgan fingerprint density at radius 3 is 0.883 bits per heavy atom. The molecule has 0 saturated carbocycles. The van der Waals surface area contributed by atoms with Gasteiger partial charge in [-0.25, -0.2) is 47.1 Å². The van der Waals surface area contributed by atoms with Crippen molar-refractivity contribution in [2.45, 2.75) is 129 Å². The number of carbonyl (C=O) groups is 10. The fourth-order valence-corrected chi connectivity index (χ4v) is 15.9. The number of amides is 8. The van der Waals surface area contributed by atoms with Gasteiger partial charge in [-0.3, -0.25) is 38.4 Å². The van der Waals surface area contributed by atoms with Gasteiger partial charge in [0.05, 0.1) is 42.4 Å². The molecule has 0 spiro atoms. The van der Waals surface area contributed by atoms with E-state index in [9.17, 15) is 65.5 Å². The number of benzene rings is 8. The van der Waals surface area contributed by atoms with Crippen molar-refractivity contribution in [3.63, 3.8) is 0 Å². The number of hydrogen-bond acceptors (Lipinski definition) is 15. The molecule has 652 valence electrons. The molecule has 128 heavy (non-hydrogen) atoms. The fraction of sp³-hybridized carbons (Fsp3) is 0.212. The summed E-state index contributed by atoms with van der Waals surface area (Å²) in [5.74, 6) is -4.06. The van der Waals surface area contributed by atoms with Crippen molar-refractivity contribution in [2.24, 2.45) is 0 Å². The average molecular weight is 1790 g/mol. The molecule has 3 unspecified atom stereocenters. The smallest absolute Gasteiger partial charge is 0.339 e. The minimum atomic E-state index is -1.11. The number of nitrogens with one attached hydrogen (secondary N) is 4. The number of aromatic carboxylic acids is 1. The first-order valence-electron chi connectivity index (χ1n) is 41.2. The molecule has 8 aromatic carbocycles. The second-order valence-corrected chi connectivity index (χ2v) is 32.0. The van der Waals surface area contributed by atoms with Crippen molar-refractivity contribution in [3.8, 4) is 0 Å². The first-order valence-corrected chi connectivity index (χ1v) is 42.0. The summed E-state index contributed by atoms with van der Waals surface area (Å²) < 4.78 is 64.3. The van der Waals surface area contributed by atoms with Crippen LogP contribution in [-0.2, 0) is 50.1 Å². The quantitative estimate of drug-likeness (QED) is 0.0248. The zero-order valence-corrected chi connectivity index (χ0v) is 72.0. The van der Waals surface area contributed by atoms with Gasteiger partial charge in [0.1, 0.15) is 46.5 Å². The van der Waals surface area contributed by atoms with Gasteiger partial charge in [0.25, 0.3) is 23.6 Å². The molecule has 24 nitrogen and oxygen atoms in total. The fourth-order valence-electron chi connectivity index (χ4n) is 15.6. The average Bonchev–Trinajstić information content (AvgIpc) is 1.63. The molecule has 8 heterocycles. The number of carboxylic acid groups (broad SMARTS) is 1. The first-order chi connectivity index (χ1) is 61.6. The minimum absolute atomic E-state index is 0.0105. The number of methoxy groups -OCH3 is 1. The van der Waals surface area contributed by atoms with Crippen LogP contribution >= 0.6 is 15.9 Å². The SMILES string of the molecule is COC(=O)c1ccc(NC(=O)CC[C@H]2c3c(F)cccc3C(=O)N2Cc2ccc(C)cc2)nc1.Cc1ccc(CN2C(=O)c3cccc(F)c3C2CCC(=O)Nc2ccc(Br)cn2)cc1.Cc1ccc(CN2C(=O)c3cccc(F)c3C2CCC(=O)Nc2ccc(C(=O)O)cn2)cc1.Cc1ccc(CN2C(=O)c3cccc(F)c3C2CCC(=O)Nc2ccccn2)cc1. The zero-order chi connectivity index (χ0) is 90.8. The van der Waals surface area contributed by atoms with Crippen LogP contribution in [0, 0.1) is 51.0 Å². The number of nitrogens with zero attached hydrogens (tertiary/aromatic N) is 8. The van der Waals surface area contributed by atoms with Gasteiger partial charge in [-0.05, 0) is 189 Å². The van der Waals surface area contributed by atoms with E-state index in [1.807, 2.05) is 125 Å². The maximum absolute atomic E-state index is 14.8. The van der Waals surface area contributed by atoms with E-state index in [-0.39, 0.29) is 109 Å². The summed E-state index contributed by atoms with van der Waals surface area (Å²) in [6.45, 7) is 9.29. The van der Waals surface area contributed by atoms with Crippen LogP contribution in [0.1, 0.15) is 204 Å². The molecule has 0 saturated heterocycles. The van der Waals surface area contributed by atoms with Gasteiger partial charge in [0.2, 0.25) is 23.6 Å². The molecule has 16 rings (SSSR count). The Hall–Kier alpha value is -14.7. The third-order valence-electron chi connectivity index (χ3n) is 22.1. The standard InChI is InChI=1S/C26H24FN3O4.C25H22FN3O4.C24H21BrFN3O2.C24H22FN3O2/c1-16-6-8-17(9-7-16)15-30-21(24-19(25(30)32)4-3-5-20(24)27)11-13-23(31)29-22-12-10-18(14-28-22)26(33)34-2;1-15-5-7-16(8-6-15)14-29-20(23-18(24(29)31)3-2-4-19(23)26)10-12-22(30)28-21-11-9-17(13-27-21)25(32)33;1-15-5-7-16(8-6-15)14-29-20(23-18(24(29)31)3-2-4-19(23)26)10-12-22(30)28-21-11-9-17(25)13-27-21;1-16-8-10-17(11-9-16)15-28-20(23-18(24(28)30)5-4-6-19(23)25)12-13-22(29)27-21-7-2-3-14-26-21/h3-10,12,14,21H,11,13,15H2,1-2H3,(H,28,29,31);2-9,11,13,20H,10,12,14H2,1H3,(H,32,33)(H,27,28,30);2-9,11,13,20H,10,12,14H2,1H3,(H,27,28,30);2-11,14,20H,12-13,15H2,1H3,(H,26,27,29)/t21-;;;/m0.../s1. The summed E-state index contributed by atoms with van der Waals surface area (Å²) in [4.78, 5) is 147. The molecule has 4 aliphatic rings. The number of esters is 1. The molecule has 0 fully saturated rings. The van der Waals surface area contributed by atoms with Crippen LogP contribution in [0.2, 0.25) is 0 Å². The number of pyridine rings is 4. The van der Waals surface area contributed by atoms with E-state index in [0.29, 0.717) is 95.2 Å². The van der Waals surface area contributed by atoms with E-state index in [0.717, 1.165) is 55.2 Å². The first kappa shape index (κ1) is 91.0. The highest BCUT2D eigenvalue weighted by molar-refractivity contribution is 9.10. The number of anilines is 4. The topological polar surface area (TPSA) is 313 Å². The van der Waals surface area contributed by atoms with Crippen molar-refractivity contribution in [1.82, 2.24) is 39.5 Å². The Morgan fingerprint density at radius 2 is 0.633 bits per heavy atom. The third-order valence-corrected chi connectivity index (χ3v) is 22.6. The van der Waals surface area contributed by atoms with Crippen molar-refractivity contribution < 1.29 is 75.4 Å². The van der Waals surface area contributed by atoms with Gasteiger partial charge < -0.3 is 50.7 Å². The van der Waals surface area contributed by atoms with E-state index in [4.69, 9.17) is 5.11 Å². The van der Waals surface area contributed by atoms with Crippen LogP contribution < -0.4 is 21.3 Å². The number of carboxylic acids is 1. The molecule has 12 aromatic rings. The lowest BCUT2D eigenvalue weighted by molar-refractivity contribution is -0.117. The number of hydrogen-bond donors (Lipinski definition) is 5. The van der Waals surface area contributed by atoms with Crippen LogP contribution in [0.3, 0.4) is 0 Å². The summed E-state index contributed by atoms with van der Waals surface area (Å²) in [6, 6.07) is 61.7. The van der Waals surface area contributed by atoms with Crippen LogP contribution in [0.5, 0.6) is 0 Å². The number of rotatable bonds is 26. The summed E-state index contributed by atoms with van der Waals surface area (Å²) in [6.07, 6.45) is 7.13. The van der Waals surface area contributed by atoms with Gasteiger partial charge in [-0.15, -0.1) is 0 Å². The lowest BCUT2D eigenvalue weighted by Gasteiger charge is -2.25. The zero-order valence-electron chi connectivity index (χ0n) is 70.4. The van der Waals surface area contributed by atoms with E-state index in [2.05, 4.69) is 61.9 Å². The molecule has 8 amide bonds. The van der Waals surface area contributed by atoms with Crippen molar-refractivity contribution in [2.75, 3.05) is 28.4 Å². The largest absolute Gasteiger partial charge is 0.478 e. The highest BCUT2D eigenvalue weighted by Crippen LogP contribution is 2.44. The van der Waals surface area contributed by atoms with E-state index < -0.39 is 59.4 Å². The highest BCUT2D eigenvalue weighted by atomic mass is 79.9. The van der Waals surface area contributed by atoms with E-state index >= 15 is 0 Å². The Labute approximate surface area is 744 Å².